The number of carbonyl (C=O) groups excluding carboxylic acids is 1. The van der Waals surface area contributed by atoms with Gasteiger partial charge in [-0.1, -0.05) is 103 Å². The summed E-state index contributed by atoms with van der Waals surface area (Å²) >= 11 is 3.42. The van der Waals surface area contributed by atoms with E-state index < -0.39 is 12.3 Å². The molecule has 4 aromatic carbocycles. The van der Waals surface area contributed by atoms with Gasteiger partial charge in [-0.25, -0.2) is 4.98 Å². The zero-order valence-corrected chi connectivity index (χ0v) is 29.5. The number of amides is 1. The molecule has 3 N–H and O–H groups in total. The average Bonchev–Trinajstić information content (AvgIpc) is 3.58. The van der Waals surface area contributed by atoms with Crippen LogP contribution in [0.2, 0.25) is 0 Å². The highest BCUT2D eigenvalue weighted by molar-refractivity contribution is 8.01. The van der Waals surface area contributed by atoms with Gasteiger partial charge in [-0.15, -0.1) is 11.3 Å². The molecule has 0 aliphatic carbocycles. The van der Waals surface area contributed by atoms with Crippen LogP contribution in [-0.2, 0) is 32.2 Å². The predicted octanol–water partition coefficient (Wildman–Crippen LogP) is 8.83. The molecule has 3 atom stereocenters. The maximum absolute atomic E-state index is 12.4. The molecular formula is C40H42N2O6S2. The van der Waals surface area contributed by atoms with Crippen LogP contribution in [0.25, 0.3) is 21.3 Å². The number of rotatable bonds is 16. The van der Waals surface area contributed by atoms with Crippen molar-refractivity contribution < 1.29 is 29.3 Å². The van der Waals surface area contributed by atoms with Gasteiger partial charge in [0.15, 0.2) is 10.6 Å². The lowest BCUT2D eigenvalue weighted by atomic mass is 9.99. The second-order valence-electron chi connectivity index (χ2n) is 12.5. The Morgan fingerprint density at radius 3 is 2.34 bits per heavy atom. The average molecular weight is 711 g/mol. The third-order valence-corrected chi connectivity index (χ3v) is 11.1. The molecule has 1 fully saturated rings. The molecule has 0 bridgehead atoms. The topological polar surface area (TPSA) is 118 Å². The van der Waals surface area contributed by atoms with Crippen LogP contribution < -0.4 is 5.32 Å². The molecule has 2 heterocycles. The van der Waals surface area contributed by atoms with Crippen LogP contribution in [-0.4, -0.2) is 38.9 Å². The molecule has 10 heteroatoms. The number of aliphatic carboxylic acids is 1. The first-order chi connectivity index (χ1) is 24.4. The Hall–Kier alpha value is -4.06. The monoisotopic (exact) mass is 710 g/mol. The molecule has 260 valence electrons. The van der Waals surface area contributed by atoms with Crippen LogP contribution in [0.3, 0.4) is 0 Å². The van der Waals surface area contributed by atoms with E-state index in [0.717, 1.165) is 68.3 Å². The van der Waals surface area contributed by atoms with Crippen LogP contribution in [0.15, 0.2) is 101 Å². The van der Waals surface area contributed by atoms with E-state index in [1.807, 2.05) is 54.6 Å². The summed E-state index contributed by atoms with van der Waals surface area (Å²) in [5.41, 5.74) is 7.00. The summed E-state index contributed by atoms with van der Waals surface area (Å²) in [5.74, 6) is -0.0197. The summed E-state index contributed by atoms with van der Waals surface area (Å²) in [6.45, 7) is 0.451. The number of nitrogens with one attached hydrogen (secondary N) is 1. The highest BCUT2D eigenvalue weighted by atomic mass is 32.2. The van der Waals surface area contributed by atoms with Crippen LogP contribution in [0.4, 0.5) is 0 Å². The van der Waals surface area contributed by atoms with Crippen molar-refractivity contribution in [1.29, 1.82) is 0 Å². The van der Waals surface area contributed by atoms with E-state index in [1.165, 1.54) is 4.70 Å². The molecule has 1 aliphatic heterocycles. The Kier molecular flexibility index (Phi) is 12.7. The lowest BCUT2D eigenvalue weighted by Crippen LogP contribution is -2.31. The fraction of sp³-hybridized carbons (Fsp3) is 0.325. The second-order valence-corrected chi connectivity index (χ2v) is 14.8. The molecule has 0 unspecified atom stereocenters. The van der Waals surface area contributed by atoms with E-state index >= 15 is 0 Å². The van der Waals surface area contributed by atoms with Gasteiger partial charge in [-0.3, -0.25) is 9.59 Å². The van der Waals surface area contributed by atoms with Gasteiger partial charge >= 0.3 is 5.97 Å². The number of unbranched alkanes of at least 4 members (excludes halogenated alkanes) is 3. The van der Waals surface area contributed by atoms with Gasteiger partial charge in [0.2, 0.25) is 5.91 Å². The third-order valence-electron chi connectivity index (χ3n) is 8.76. The Bertz CT molecular complexity index is 1830. The van der Waals surface area contributed by atoms with E-state index in [4.69, 9.17) is 19.6 Å². The van der Waals surface area contributed by atoms with Crippen molar-refractivity contribution in [3.63, 3.8) is 0 Å². The number of thioether (sulfide) groups is 1. The molecule has 5 aromatic rings. The Morgan fingerprint density at radius 2 is 1.58 bits per heavy atom. The predicted molar refractivity (Wildman–Crippen MR) is 198 cm³/mol. The van der Waals surface area contributed by atoms with Gasteiger partial charge in [0, 0.05) is 37.1 Å². The van der Waals surface area contributed by atoms with Crippen molar-refractivity contribution in [2.24, 2.45) is 0 Å². The number of carbonyl (C=O) groups is 2. The lowest BCUT2D eigenvalue weighted by molar-refractivity contribution is -0.245. The molecule has 8 nitrogen and oxygen atoms in total. The van der Waals surface area contributed by atoms with Gasteiger partial charge in [0.05, 0.1) is 29.0 Å². The van der Waals surface area contributed by atoms with Crippen molar-refractivity contribution in [3.05, 3.63) is 119 Å². The summed E-state index contributed by atoms with van der Waals surface area (Å²) in [6, 6.07) is 32.6. The number of fused-ring (bicyclic) bond motifs is 1. The largest absolute Gasteiger partial charge is 0.481 e. The van der Waals surface area contributed by atoms with Crippen molar-refractivity contribution in [2.75, 3.05) is 5.75 Å². The number of para-hydroxylation sites is 1. The van der Waals surface area contributed by atoms with Gasteiger partial charge in [-0.05, 0) is 58.9 Å². The summed E-state index contributed by atoms with van der Waals surface area (Å²) in [6.07, 6.45) is 3.65. The van der Waals surface area contributed by atoms with Crippen LogP contribution in [0.1, 0.15) is 79.6 Å². The molecule has 1 amide bonds. The fourth-order valence-corrected chi connectivity index (χ4v) is 8.11. The van der Waals surface area contributed by atoms with E-state index in [-0.39, 0.29) is 31.1 Å². The van der Waals surface area contributed by atoms with Crippen molar-refractivity contribution in [2.45, 2.75) is 80.9 Å². The number of hydrogen-bond acceptors (Lipinski definition) is 8. The van der Waals surface area contributed by atoms with Crippen LogP contribution in [0, 0.1) is 0 Å². The van der Waals surface area contributed by atoms with Crippen molar-refractivity contribution >= 4 is 45.2 Å². The standard InChI is InChI=1S/C40H42N2O6S2/c43-25-27-14-16-30(17-15-27)35-23-33(26-49-40-42-34-10-5-6-11-36(34)50-40)47-39(48-35)31-20-18-29(19-21-31)32-9-7-8-28(22-32)24-41-37(44)12-3-1-2-4-13-38(45)46/h5-11,14-22,33,35,39,43H,1-4,12-13,23-26H2,(H,41,44)(H,45,46)/t33-,35+,39+/m1/s1. The molecule has 0 saturated carbocycles. The van der Waals surface area contributed by atoms with Crippen LogP contribution in [0.5, 0.6) is 0 Å². The summed E-state index contributed by atoms with van der Waals surface area (Å²) < 4.78 is 15.3. The van der Waals surface area contributed by atoms with Gasteiger partial charge in [0.1, 0.15) is 0 Å². The first-order valence-corrected chi connectivity index (χ1v) is 18.9. The second kappa shape index (κ2) is 17.7. The molecule has 6 rings (SSSR count). The number of aliphatic hydroxyl groups excluding tert-OH is 1. The number of nitrogens with zero attached hydrogens (tertiary/aromatic N) is 1. The van der Waals surface area contributed by atoms with E-state index in [0.29, 0.717) is 25.8 Å². The molecular weight excluding hydrogens is 669 g/mol. The van der Waals surface area contributed by atoms with Crippen molar-refractivity contribution in [1.82, 2.24) is 10.3 Å². The zero-order valence-electron chi connectivity index (χ0n) is 27.8. The minimum Gasteiger partial charge on any atom is -0.481 e. The lowest BCUT2D eigenvalue weighted by Gasteiger charge is -2.36. The summed E-state index contributed by atoms with van der Waals surface area (Å²) in [5, 5.41) is 21.3. The Morgan fingerprint density at radius 1 is 0.820 bits per heavy atom. The van der Waals surface area contributed by atoms with Gasteiger partial charge in [0.25, 0.3) is 0 Å². The summed E-state index contributed by atoms with van der Waals surface area (Å²) in [7, 11) is 0. The zero-order chi connectivity index (χ0) is 34.7. The number of aromatic nitrogens is 1. The number of aliphatic hydroxyl groups is 1. The van der Waals surface area contributed by atoms with Gasteiger partial charge < -0.3 is 25.0 Å². The van der Waals surface area contributed by atoms with Gasteiger partial charge in [-0.2, -0.15) is 0 Å². The highest BCUT2D eigenvalue weighted by Gasteiger charge is 2.32. The molecule has 1 saturated heterocycles. The smallest absolute Gasteiger partial charge is 0.303 e. The number of carboxylic acids is 1. The molecule has 0 radical (unpaired) electrons. The molecule has 0 spiro atoms. The van der Waals surface area contributed by atoms with E-state index in [1.54, 1.807) is 23.1 Å². The molecule has 50 heavy (non-hydrogen) atoms. The minimum atomic E-state index is -0.773. The third kappa shape index (κ3) is 10.0. The van der Waals surface area contributed by atoms with E-state index in [9.17, 15) is 14.7 Å². The number of carboxylic acid groups (broad SMARTS) is 1. The minimum absolute atomic E-state index is 0.00167. The number of thiazole rings is 1. The SMILES string of the molecule is O=C(O)CCCCCCC(=O)NCc1cccc(-c2ccc([C@H]3O[C@@H](CSc4nc5ccccc5s4)C[C@@H](c4ccc(CO)cc4)O3)cc2)c1. The maximum atomic E-state index is 12.4. The fourth-order valence-electron chi connectivity index (χ4n) is 6.00. The normalized spacial score (nSPS) is 17.5. The first kappa shape index (κ1) is 35.8. The highest BCUT2D eigenvalue weighted by Crippen LogP contribution is 2.40. The maximum Gasteiger partial charge on any atom is 0.303 e. The first-order valence-electron chi connectivity index (χ1n) is 17.1. The number of ether oxygens (including phenoxy) is 2. The Labute approximate surface area is 300 Å². The quantitative estimate of drug-likeness (QED) is 0.0687. The molecule has 1 aliphatic rings. The van der Waals surface area contributed by atoms with E-state index in [2.05, 4.69) is 47.8 Å². The number of benzene rings is 4. The van der Waals surface area contributed by atoms with Crippen molar-refractivity contribution in [3.8, 4) is 11.1 Å². The summed E-state index contributed by atoms with van der Waals surface area (Å²) in [4.78, 5) is 27.8. The van der Waals surface area contributed by atoms with Crippen LogP contribution >= 0.6 is 23.1 Å². The number of hydrogen-bond donors (Lipinski definition) is 3. The molecule has 1 aromatic heterocycles. The Balaban J connectivity index is 1.08.